The first-order valence-corrected chi connectivity index (χ1v) is 10.8. The van der Waals surface area contributed by atoms with Crippen LogP contribution in [0.4, 0.5) is 4.79 Å². The van der Waals surface area contributed by atoms with E-state index in [1.165, 1.54) is 0 Å². The van der Waals surface area contributed by atoms with Crippen molar-refractivity contribution in [1.82, 2.24) is 5.32 Å². The summed E-state index contributed by atoms with van der Waals surface area (Å²) < 4.78 is 22.9. The number of allylic oxidation sites excluding steroid dienone is 1. The minimum atomic E-state index is -1.17. The predicted octanol–water partition coefficient (Wildman–Crippen LogP) is 3.96. The summed E-state index contributed by atoms with van der Waals surface area (Å²) in [5, 5.41) is 2.77. The average Bonchev–Trinajstić information content (AvgIpc) is 2.95. The van der Waals surface area contributed by atoms with Crippen molar-refractivity contribution in [1.29, 1.82) is 0 Å². The molecule has 7 nitrogen and oxygen atoms in total. The van der Waals surface area contributed by atoms with Crippen LogP contribution in [0, 0.1) is 0 Å². The Balaban J connectivity index is 1.69. The molecular weight excluding hydrogens is 397 g/mol. The highest BCUT2D eigenvalue weighted by Gasteiger charge is 2.53. The summed E-state index contributed by atoms with van der Waals surface area (Å²) in [5.74, 6) is -0.462. The molecule has 0 saturated carbocycles. The topological polar surface area (TPSA) is 83.1 Å². The minimum absolute atomic E-state index is 0.126. The Morgan fingerprint density at radius 1 is 1.06 bits per heavy atom. The maximum Gasteiger partial charge on any atom is 0.490 e. The summed E-state index contributed by atoms with van der Waals surface area (Å²) >= 11 is 0. The van der Waals surface area contributed by atoms with Crippen molar-refractivity contribution in [3.63, 3.8) is 0 Å². The van der Waals surface area contributed by atoms with Crippen molar-refractivity contribution < 1.29 is 28.4 Å². The van der Waals surface area contributed by atoms with Crippen LogP contribution in [0.1, 0.15) is 59.4 Å². The highest BCUT2D eigenvalue weighted by molar-refractivity contribution is 6.54. The van der Waals surface area contributed by atoms with Crippen molar-refractivity contribution in [2.45, 2.75) is 77.2 Å². The van der Waals surface area contributed by atoms with Crippen LogP contribution in [0.2, 0.25) is 0 Å². The fraction of sp³-hybridized carbons (Fsp3) is 0.565. The third-order valence-corrected chi connectivity index (χ3v) is 6.33. The van der Waals surface area contributed by atoms with Crippen LogP contribution in [0.5, 0.6) is 0 Å². The molecule has 1 aromatic carbocycles. The number of ether oxygens (including phenoxy) is 2. The van der Waals surface area contributed by atoms with E-state index in [1.54, 1.807) is 6.92 Å². The maximum atomic E-state index is 12.8. The van der Waals surface area contributed by atoms with Gasteiger partial charge in [0.05, 0.1) is 17.8 Å². The third kappa shape index (κ3) is 5.13. The third-order valence-electron chi connectivity index (χ3n) is 6.33. The highest BCUT2D eigenvalue weighted by atomic mass is 16.7. The van der Waals surface area contributed by atoms with E-state index in [-0.39, 0.29) is 19.6 Å². The van der Waals surface area contributed by atoms with Gasteiger partial charge in [0.2, 0.25) is 0 Å². The molecule has 8 heteroatoms. The fourth-order valence-corrected chi connectivity index (χ4v) is 3.65. The Morgan fingerprint density at radius 3 is 2.26 bits per heavy atom. The monoisotopic (exact) mass is 429 g/mol. The van der Waals surface area contributed by atoms with Gasteiger partial charge in [-0.05, 0) is 64.9 Å². The van der Waals surface area contributed by atoms with Crippen LogP contribution in [0.3, 0.4) is 0 Å². The Bertz CT molecular complexity index is 822. The zero-order valence-electron chi connectivity index (χ0n) is 19.0. The van der Waals surface area contributed by atoms with E-state index in [9.17, 15) is 9.59 Å². The van der Waals surface area contributed by atoms with Gasteiger partial charge in [0.15, 0.2) is 0 Å². The minimum Gasteiger partial charge on any atom is -0.464 e. The molecule has 1 amide bonds. The van der Waals surface area contributed by atoms with E-state index >= 15 is 0 Å². The molecule has 0 radical (unpaired) electrons. The molecular formula is C23H32BNO6. The van der Waals surface area contributed by atoms with E-state index < -0.39 is 35.9 Å². The summed E-state index contributed by atoms with van der Waals surface area (Å²) in [6.45, 7) is 10.1. The number of hydrogen-bond donors (Lipinski definition) is 1. The lowest BCUT2D eigenvalue weighted by Gasteiger charge is -2.34. The van der Waals surface area contributed by atoms with Gasteiger partial charge in [-0.3, -0.25) is 0 Å². The van der Waals surface area contributed by atoms with Crippen molar-refractivity contribution in [3.8, 4) is 0 Å². The molecule has 1 aromatic rings. The molecule has 1 fully saturated rings. The van der Waals surface area contributed by atoms with Gasteiger partial charge in [0.25, 0.3) is 0 Å². The molecule has 1 saturated heterocycles. The van der Waals surface area contributed by atoms with Gasteiger partial charge in [-0.1, -0.05) is 36.4 Å². The normalized spacial score (nSPS) is 24.3. The van der Waals surface area contributed by atoms with Crippen LogP contribution < -0.4 is 5.32 Å². The number of hydrogen-bond acceptors (Lipinski definition) is 6. The first kappa shape index (κ1) is 23.4. The van der Waals surface area contributed by atoms with Gasteiger partial charge in [0.1, 0.15) is 12.1 Å². The molecule has 2 aliphatic rings. The molecule has 1 aliphatic carbocycles. The van der Waals surface area contributed by atoms with Crippen LogP contribution in [-0.4, -0.2) is 42.5 Å². The Kier molecular flexibility index (Phi) is 6.81. The first-order valence-electron chi connectivity index (χ1n) is 10.8. The smallest absolute Gasteiger partial charge is 0.464 e. The number of amides is 1. The largest absolute Gasteiger partial charge is 0.490 e. The Morgan fingerprint density at radius 2 is 1.71 bits per heavy atom. The van der Waals surface area contributed by atoms with Gasteiger partial charge in [0, 0.05) is 0 Å². The number of alkyl carbamates (subject to hydrolysis) is 1. The molecule has 1 unspecified atom stereocenters. The molecule has 1 heterocycles. The van der Waals surface area contributed by atoms with E-state index in [0.29, 0.717) is 12.8 Å². The lowest BCUT2D eigenvalue weighted by molar-refractivity contribution is -0.151. The van der Waals surface area contributed by atoms with Crippen molar-refractivity contribution in [2.75, 3.05) is 6.61 Å². The van der Waals surface area contributed by atoms with Crippen LogP contribution >= 0.6 is 0 Å². The number of carbonyl (C=O) groups excluding carboxylic acids is 2. The number of rotatable bonds is 6. The van der Waals surface area contributed by atoms with E-state index in [4.69, 9.17) is 18.8 Å². The average molecular weight is 429 g/mol. The maximum absolute atomic E-state index is 12.8. The second kappa shape index (κ2) is 9.05. The van der Waals surface area contributed by atoms with Crippen molar-refractivity contribution in [2.24, 2.45) is 0 Å². The van der Waals surface area contributed by atoms with Gasteiger partial charge < -0.3 is 24.1 Å². The second-order valence-corrected chi connectivity index (χ2v) is 9.06. The SMILES string of the molecule is CCOC(=O)C1(NC(=O)OCc2ccccc2)CC=C(B2OC(C)(C)C(C)(C)O2)CC1. The van der Waals surface area contributed by atoms with Crippen LogP contribution in [0.15, 0.2) is 41.9 Å². The zero-order valence-corrected chi connectivity index (χ0v) is 19.0. The number of benzene rings is 1. The molecule has 1 atom stereocenters. The van der Waals surface area contributed by atoms with Crippen molar-refractivity contribution in [3.05, 3.63) is 47.4 Å². The van der Waals surface area contributed by atoms with Gasteiger partial charge >= 0.3 is 19.2 Å². The Hall–Kier alpha value is -2.32. The molecule has 31 heavy (non-hydrogen) atoms. The van der Waals surface area contributed by atoms with E-state index in [0.717, 1.165) is 11.0 Å². The molecule has 1 N–H and O–H groups in total. The van der Waals surface area contributed by atoms with Crippen molar-refractivity contribution >= 4 is 19.2 Å². The zero-order chi connectivity index (χ0) is 22.7. The number of esters is 1. The van der Waals surface area contributed by atoms with E-state index in [2.05, 4.69) is 5.32 Å². The van der Waals surface area contributed by atoms with Gasteiger partial charge in [-0.2, -0.15) is 0 Å². The second-order valence-electron chi connectivity index (χ2n) is 9.06. The molecule has 1 aliphatic heterocycles. The molecule has 0 bridgehead atoms. The standard InChI is InChI=1S/C23H32BNO6/c1-6-28-19(26)23(25-20(27)29-16-17-10-8-7-9-11-17)14-12-18(13-15-23)24-30-21(2,3)22(4,5)31-24/h7-12H,6,13-16H2,1-5H3,(H,25,27). The van der Waals surface area contributed by atoms with Crippen LogP contribution in [0.25, 0.3) is 0 Å². The Labute approximate surface area is 184 Å². The van der Waals surface area contributed by atoms with Gasteiger partial charge in [-0.25, -0.2) is 9.59 Å². The first-order chi connectivity index (χ1) is 14.6. The highest BCUT2D eigenvalue weighted by Crippen LogP contribution is 2.41. The quantitative estimate of drug-likeness (QED) is 0.545. The summed E-state index contributed by atoms with van der Waals surface area (Å²) in [4.78, 5) is 25.3. The lowest BCUT2D eigenvalue weighted by atomic mass is 9.68. The van der Waals surface area contributed by atoms with E-state index in [1.807, 2.05) is 64.1 Å². The van der Waals surface area contributed by atoms with Crippen LogP contribution in [-0.2, 0) is 30.2 Å². The number of nitrogens with one attached hydrogen (secondary N) is 1. The summed E-state index contributed by atoms with van der Waals surface area (Å²) in [6.07, 6.45) is 2.46. The predicted molar refractivity (Wildman–Crippen MR) is 117 cm³/mol. The molecule has 168 valence electrons. The molecule has 0 aromatic heterocycles. The molecule has 0 spiro atoms. The number of carbonyl (C=O) groups is 2. The molecule has 3 rings (SSSR count). The summed E-state index contributed by atoms with van der Waals surface area (Å²) in [7, 11) is -0.463. The van der Waals surface area contributed by atoms with Gasteiger partial charge in [-0.15, -0.1) is 0 Å². The fourth-order valence-electron chi connectivity index (χ4n) is 3.65. The summed E-state index contributed by atoms with van der Waals surface area (Å²) in [5.41, 5.74) is -0.203. The lowest BCUT2D eigenvalue weighted by Crippen LogP contribution is -2.56. The summed E-state index contributed by atoms with van der Waals surface area (Å²) in [6, 6.07) is 9.38.